The Bertz CT molecular complexity index is 1190. The van der Waals surface area contributed by atoms with Gasteiger partial charge < -0.3 is 14.2 Å². The van der Waals surface area contributed by atoms with E-state index in [2.05, 4.69) is 17.1 Å². The van der Waals surface area contributed by atoms with E-state index in [9.17, 15) is 4.79 Å². The van der Waals surface area contributed by atoms with Crippen molar-refractivity contribution >= 4 is 28.6 Å². The summed E-state index contributed by atoms with van der Waals surface area (Å²) in [6.07, 6.45) is 7.75. The molecule has 0 spiro atoms. The number of rotatable bonds is 4. The number of allylic oxidation sites excluding steroid dienone is 2. The maximum absolute atomic E-state index is 13.7. The molecule has 6 heteroatoms. The van der Waals surface area contributed by atoms with E-state index in [-0.39, 0.29) is 5.91 Å². The van der Waals surface area contributed by atoms with Crippen LogP contribution in [0.25, 0.3) is 10.9 Å². The molecule has 1 aromatic carbocycles. The molecule has 1 fully saturated rings. The van der Waals surface area contributed by atoms with Gasteiger partial charge in [-0.1, -0.05) is 30.3 Å². The fraction of sp³-hybridized carbons (Fsp3) is 0.250. The van der Waals surface area contributed by atoms with Crippen molar-refractivity contribution < 1.29 is 9.53 Å². The number of benzene rings is 1. The summed E-state index contributed by atoms with van der Waals surface area (Å²) in [6, 6.07) is 12.0. The lowest BCUT2D eigenvalue weighted by molar-refractivity contribution is 0.0816. The number of amides is 1. The Morgan fingerprint density at radius 1 is 1.23 bits per heavy atom. The van der Waals surface area contributed by atoms with Crippen LogP contribution in [0, 0.1) is 0 Å². The lowest BCUT2D eigenvalue weighted by atomic mass is 10.0. The Kier molecular flexibility index (Phi) is 4.87. The summed E-state index contributed by atoms with van der Waals surface area (Å²) < 4.78 is 7.21. The normalized spacial score (nSPS) is 16.1. The van der Waals surface area contributed by atoms with Gasteiger partial charge in [0.25, 0.3) is 5.91 Å². The number of para-hydroxylation sites is 1. The number of aryl methyl sites for hydroxylation is 1. The maximum Gasteiger partial charge on any atom is 0.260 e. The summed E-state index contributed by atoms with van der Waals surface area (Å²) in [5.41, 5.74) is 5.35. The predicted octanol–water partition coefficient (Wildman–Crippen LogP) is 4.56. The second kappa shape index (κ2) is 7.69. The Hall–Kier alpha value is -2.99. The van der Waals surface area contributed by atoms with Crippen molar-refractivity contribution in [1.82, 2.24) is 14.5 Å². The highest BCUT2D eigenvalue weighted by Crippen LogP contribution is 2.42. The van der Waals surface area contributed by atoms with Gasteiger partial charge in [0.1, 0.15) is 0 Å². The fourth-order valence-electron chi connectivity index (χ4n) is 4.24. The molecule has 0 bridgehead atoms. The first-order chi connectivity index (χ1) is 14.7. The smallest absolute Gasteiger partial charge is 0.260 e. The first-order valence-corrected chi connectivity index (χ1v) is 11.0. The van der Waals surface area contributed by atoms with Crippen LogP contribution in [-0.2, 0) is 13.5 Å². The van der Waals surface area contributed by atoms with Crippen LogP contribution >= 0.6 is 11.8 Å². The molecule has 0 N–H and O–H groups in total. The molecule has 2 aliphatic rings. The number of carbonyl (C=O) groups is 1. The summed E-state index contributed by atoms with van der Waals surface area (Å²) in [5.74, 6) is 1.72. The second-order valence-corrected chi connectivity index (χ2v) is 8.68. The molecule has 0 radical (unpaired) electrons. The lowest BCUT2D eigenvalue weighted by Crippen LogP contribution is -2.34. The number of hydrogen-bond donors (Lipinski definition) is 0. The van der Waals surface area contributed by atoms with E-state index in [0.29, 0.717) is 18.8 Å². The number of pyridine rings is 1. The number of methoxy groups -OCH3 is 1. The van der Waals surface area contributed by atoms with Crippen LogP contribution in [0.1, 0.15) is 22.3 Å². The predicted molar refractivity (Wildman–Crippen MR) is 121 cm³/mol. The van der Waals surface area contributed by atoms with Crippen LogP contribution in [0.4, 0.5) is 0 Å². The summed E-state index contributed by atoms with van der Waals surface area (Å²) in [7, 11) is 3.60. The third-order valence-corrected chi connectivity index (χ3v) is 6.96. The van der Waals surface area contributed by atoms with Crippen LogP contribution in [0.3, 0.4) is 0 Å². The van der Waals surface area contributed by atoms with Gasteiger partial charge >= 0.3 is 0 Å². The minimum Gasteiger partial charge on any atom is -0.481 e. The largest absolute Gasteiger partial charge is 0.481 e. The summed E-state index contributed by atoms with van der Waals surface area (Å²) in [6.45, 7) is 0.611. The molecule has 30 heavy (non-hydrogen) atoms. The molecule has 3 aromatic rings. The molecule has 5 rings (SSSR count). The Morgan fingerprint density at radius 3 is 2.90 bits per heavy atom. The average molecular weight is 418 g/mol. The Labute approximate surface area is 180 Å². The molecular weight excluding hydrogens is 394 g/mol. The number of hydrogen-bond acceptors (Lipinski definition) is 4. The van der Waals surface area contributed by atoms with Crippen LogP contribution in [-0.4, -0.2) is 39.8 Å². The molecule has 152 valence electrons. The quantitative estimate of drug-likeness (QED) is 0.625. The van der Waals surface area contributed by atoms with Gasteiger partial charge in [0.15, 0.2) is 0 Å². The van der Waals surface area contributed by atoms with Gasteiger partial charge in [-0.15, -0.1) is 11.8 Å². The molecule has 0 atom stereocenters. The zero-order valence-corrected chi connectivity index (χ0v) is 17.9. The minimum atomic E-state index is 0.0542. The van der Waals surface area contributed by atoms with Gasteiger partial charge in [0, 0.05) is 65.7 Å². The molecule has 4 heterocycles. The maximum atomic E-state index is 13.7. The molecule has 1 amide bonds. The van der Waals surface area contributed by atoms with Gasteiger partial charge in [-0.2, -0.15) is 0 Å². The van der Waals surface area contributed by atoms with Crippen molar-refractivity contribution in [3.8, 4) is 5.88 Å². The van der Waals surface area contributed by atoms with E-state index < -0.39 is 0 Å². The number of thioether (sulfide) groups is 1. The van der Waals surface area contributed by atoms with Crippen LogP contribution in [0.15, 0.2) is 71.0 Å². The number of carbonyl (C=O) groups excluding carboxylic acids is 1. The van der Waals surface area contributed by atoms with Gasteiger partial charge in [0.05, 0.1) is 12.7 Å². The van der Waals surface area contributed by atoms with Gasteiger partial charge in [-0.05, 0) is 23.6 Å². The number of fused-ring (bicyclic) bond motifs is 2. The number of nitrogens with zero attached hydrogens (tertiary/aromatic N) is 3. The van der Waals surface area contributed by atoms with E-state index in [1.165, 1.54) is 10.5 Å². The monoisotopic (exact) mass is 417 g/mol. The van der Waals surface area contributed by atoms with E-state index in [4.69, 9.17) is 4.74 Å². The van der Waals surface area contributed by atoms with Gasteiger partial charge in [-0.25, -0.2) is 4.98 Å². The summed E-state index contributed by atoms with van der Waals surface area (Å²) >= 11 is 1.85. The topological polar surface area (TPSA) is 47.4 Å². The van der Waals surface area contributed by atoms with Crippen molar-refractivity contribution in [3.63, 3.8) is 0 Å². The Morgan fingerprint density at radius 2 is 2.10 bits per heavy atom. The molecule has 0 unspecified atom stereocenters. The average Bonchev–Trinajstić information content (AvgIpc) is 3.39. The lowest BCUT2D eigenvalue weighted by Gasteiger charge is -2.30. The SMILES string of the molecule is COc1ccc(CC2=C3SCCC3=CCN2C(=O)c2cn(C)c3ccccc23)cn1. The molecule has 0 aliphatic carbocycles. The van der Waals surface area contributed by atoms with E-state index in [1.807, 2.05) is 71.0 Å². The summed E-state index contributed by atoms with van der Waals surface area (Å²) in [5, 5.41) is 0.995. The zero-order valence-electron chi connectivity index (χ0n) is 17.1. The highest BCUT2D eigenvalue weighted by molar-refractivity contribution is 8.03. The third-order valence-electron chi connectivity index (χ3n) is 5.77. The Balaban J connectivity index is 1.54. The van der Waals surface area contributed by atoms with Crippen LogP contribution in [0.2, 0.25) is 0 Å². The van der Waals surface area contributed by atoms with Crippen molar-refractivity contribution in [2.45, 2.75) is 12.8 Å². The van der Waals surface area contributed by atoms with Crippen molar-refractivity contribution in [2.24, 2.45) is 7.05 Å². The highest BCUT2D eigenvalue weighted by atomic mass is 32.2. The van der Waals surface area contributed by atoms with Crippen LogP contribution < -0.4 is 4.74 Å². The molecule has 0 saturated carbocycles. The van der Waals surface area contributed by atoms with Crippen molar-refractivity contribution in [2.75, 3.05) is 19.4 Å². The van der Waals surface area contributed by atoms with Crippen LogP contribution in [0.5, 0.6) is 5.88 Å². The minimum absolute atomic E-state index is 0.0542. The third kappa shape index (κ3) is 3.21. The van der Waals surface area contributed by atoms with Gasteiger partial charge in [-0.3, -0.25) is 4.79 Å². The van der Waals surface area contributed by atoms with E-state index in [0.717, 1.165) is 39.9 Å². The summed E-state index contributed by atoms with van der Waals surface area (Å²) in [4.78, 5) is 21.3. The molecular formula is C24H23N3O2S. The van der Waals surface area contributed by atoms with Crippen molar-refractivity contribution in [3.05, 3.63) is 82.2 Å². The van der Waals surface area contributed by atoms with Gasteiger partial charge in [0.2, 0.25) is 5.88 Å². The van der Waals surface area contributed by atoms with E-state index >= 15 is 0 Å². The van der Waals surface area contributed by atoms with Crippen molar-refractivity contribution in [1.29, 1.82) is 0 Å². The molecule has 2 aliphatic heterocycles. The number of aromatic nitrogens is 2. The molecule has 5 nitrogen and oxygen atoms in total. The standard InChI is InChI=1S/C24H23N3O2S/c1-26-15-19(18-5-3-4-6-20(18)26)24(28)27-11-9-17-10-12-30-23(17)21(27)13-16-7-8-22(29-2)25-14-16/h3-9,14-15H,10-13H2,1-2H3. The highest BCUT2D eigenvalue weighted by Gasteiger charge is 2.31. The molecule has 1 saturated heterocycles. The zero-order chi connectivity index (χ0) is 20.7. The second-order valence-electron chi connectivity index (χ2n) is 7.58. The van der Waals surface area contributed by atoms with E-state index in [1.54, 1.807) is 7.11 Å². The first kappa shape index (κ1) is 19.0. The first-order valence-electron chi connectivity index (χ1n) is 10.1. The fourth-order valence-corrected chi connectivity index (χ4v) is 5.48. The number of ether oxygens (including phenoxy) is 1. The molecule has 2 aromatic heterocycles.